The first-order chi connectivity index (χ1) is 9.47. The van der Waals surface area contributed by atoms with E-state index in [0.29, 0.717) is 10.6 Å². The standard InChI is InChI=1S/C14H10F3NOS/c15-14(16,17)9-2-3-10-13(6-9)20-12-4-1-8(7-19)5-11(12)18-10/h1-6,18-19H,7H2. The lowest BCUT2D eigenvalue weighted by Gasteiger charge is -2.22. The number of aliphatic hydroxyl groups is 1. The first kappa shape index (κ1) is 13.3. The second-order valence-corrected chi connectivity index (χ2v) is 5.51. The van der Waals surface area contributed by atoms with E-state index in [4.69, 9.17) is 5.11 Å². The van der Waals surface area contributed by atoms with Crippen molar-refractivity contribution in [3.05, 3.63) is 47.5 Å². The highest BCUT2D eigenvalue weighted by Gasteiger charge is 2.31. The summed E-state index contributed by atoms with van der Waals surface area (Å²) in [6.07, 6.45) is -4.34. The third-order valence-electron chi connectivity index (χ3n) is 3.02. The molecule has 1 aliphatic rings. The van der Waals surface area contributed by atoms with Crippen LogP contribution >= 0.6 is 11.8 Å². The largest absolute Gasteiger partial charge is 0.416 e. The second-order valence-electron chi connectivity index (χ2n) is 4.42. The quantitative estimate of drug-likeness (QED) is 0.698. The molecule has 0 bridgehead atoms. The molecule has 2 aromatic carbocycles. The van der Waals surface area contributed by atoms with Gasteiger partial charge in [-0.15, -0.1) is 0 Å². The van der Waals surface area contributed by atoms with Crippen molar-refractivity contribution >= 4 is 23.1 Å². The molecule has 0 unspecified atom stereocenters. The van der Waals surface area contributed by atoms with Gasteiger partial charge in [-0.3, -0.25) is 0 Å². The lowest BCUT2D eigenvalue weighted by Crippen LogP contribution is -2.07. The summed E-state index contributed by atoms with van der Waals surface area (Å²) in [6, 6.07) is 8.99. The highest BCUT2D eigenvalue weighted by atomic mass is 32.2. The number of hydrogen-bond donors (Lipinski definition) is 2. The molecule has 0 radical (unpaired) electrons. The SMILES string of the molecule is OCc1ccc2c(c1)Nc1ccc(C(F)(F)F)cc1S2. The zero-order chi connectivity index (χ0) is 14.3. The van der Waals surface area contributed by atoms with Crippen LogP contribution in [-0.4, -0.2) is 5.11 Å². The van der Waals surface area contributed by atoms with E-state index in [1.807, 2.05) is 0 Å². The monoisotopic (exact) mass is 297 g/mol. The molecule has 0 aliphatic carbocycles. The first-order valence-corrected chi connectivity index (χ1v) is 6.69. The average Bonchev–Trinajstić information content (AvgIpc) is 2.42. The highest BCUT2D eigenvalue weighted by Crippen LogP contribution is 2.46. The van der Waals surface area contributed by atoms with Crippen LogP contribution in [0.15, 0.2) is 46.2 Å². The van der Waals surface area contributed by atoms with Crippen LogP contribution in [0.25, 0.3) is 0 Å². The van der Waals surface area contributed by atoms with Crippen molar-refractivity contribution in [2.75, 3.05) is 5.32 Å². The Hall–Kier alpha value is -1.66. The van der Waals surface area contributed by atoms with Gasteiger partial charge in [0.2, 0.25) is 0 Å². The van der Waals surface area contributed by atoms with Crippen LogP contribution in [0.4, 0.5) is 24.5 Å². The summed E-state index contributed by atoms with van der Waals surface area (Å²) < 4.78 is 38.1. The van der Waals surface area contributed by atoms with Crippen LogP contribution in [0.3, 0.4) is 0 Å². The molecule has 0 amide bonds. The first-order valence-electron chi connectivity index (χ1n) is 5.87. The van der Waals surface area contributed by atoms with Gasteiger partial charge in [0.15, 0.2) is 0 Å². The Labute approximate surface area is 117 Å². The Morgan fingerprint density at radius 2 is 1.80 bits per heavy atom. The molecule has 6 heteroatoms. The van der Waals surface area contributed by atoms with E-state index >= 15 is 0 Å². The molecule has 0 saturated carbocycles. The summed E-state index contributed by atoms with van der Waals surface area (Å²) in [7, 11) is 0. The summed E-state index contributed by atoms with van der Waals surface area (Å²) in [6.45, 7) is -0.0699. The molecule has 2 N–H and O–H groups in total. The summed E-state index contributed by atoms with van der Waals surface area (Å²) in [5, 5.41) is 12.2. The maximum Gasteiger partial charge on any atom is 0.416 e. The normalized spacial score (nSPS) is 13.4. The van der Waals surface area contributed by atoms with Crippen LogP contribution in [0.5, 0.6) is 0 Å². The smallest absolute Gasteiger partial charge is 0.392 e. The average molecular weight is 297 g/mol. The molecule has 20 heavy (non-hydrogen) atoms. The predicted molar refractivity (Wildman–Crippen MR) is 71.2 cm³/mol. The van der Waals surface area contributed by atoms with Gasteiger partial charge in [-0.2, -0.15) is 13.2 Å². The lowest BCUT2D eigenvalue weighted by atomic mass is 10.1. The van der Waals surface area contributed by atoms with E-state index in [1.54, 1.807) is 18.2 Å². The van der Waals surface area contributed by atoms with Gasteiger partial charge in [0.1, 0.15) is 0 Å². The summed E-state index contributed by atoms with van der Waals surface area (Å²) in [5.41, 5.74) is 1.55. The molecule has 0 aromatic heterocycles. The second kappa shape index (κ2) is 4.71. The molecular weight excluding hydrogens is 287 g/mol. The zero-order valence-corrected chi connectivity index (χ0v) is 11.0. The number of rotatable bonds is 1. The van der Waals surface area contributed by atoms with Gasteiger partial charge in [-0.25, -0.2) is 0 Å². The fourth-order valence-electron chi connectivity index (χ4n) is 2.01. The molecule has 1 heterocycles. The van der Waals surface area contributed by atoms with E-state index in [9.17, 15) is 13.2 Å². The number of nitrogens with one attached hydrogen (secondary N) is 1. The van der Waals surface area contributed by atoms with Crippen molar-refractivity contribution < 1.29 is 18.3 Å². The van der Waals surface area contributed by atoms with Crippen molar-refractivity contribution in [2.45, 2.75) is 22.6 Å². The van der Waals surface area contributed by atoms with Crippen molar-refractivity contribution in [1.82, 2.24) is 0 Å². The van der Waals surface area contributed by atoms with Crippen LogP contribution in [0.2, 0.25) is 0 Å². The predicted octanol–water partition coefficient (Wildman–Crippen LogP) is 4.41. The van der Waals surface area contributed by atoms with Crippen LogP contribution in [0, 0.1) is 0 Å². The molecule has 2 nitrogen and oxygen atoms in total. The summed E-state index contributed by atoms with van der Waals surface area (Å²) in [5.74, 6) is 0. The number of aliphatic hydroxyl groups excluding tert-OH is 1. The van der Waals surface area contributed by atoms with Gasteiger partial charge in [0.25, 0.3) is 0 Å². The number of halogens is 3. The Bertz CT molecular complexity index is 670. The minimum Gasteiger partial charge on any atom is -0.392 e. The van der Waals surface area contributed by atoms with Crippen LogP contribution in [0.1, 0.15) is 11.1 Å². The number of hydrogen-bond acceptors (Lipinski definition) is 3. The fraction of sp³-hybridized carbons (Fsp3) is 0.143. The Morgan fingerprint density at radius 3 is 2.50 bits per heavy atom. The Balaban J connectivity index is 1.99. The lowest BCUT2D eigenvalue weighted by molar-refractivity contribution is -0.137. The molecule has 3 rings (SSSR count). The number of benzene rings is 2. The molecular formula is C14H10F3NOS. The maximum absolute atomic E-state index is 12.7. The van der Waals surface area contributed by atoms with Gasteiger partial charge in [-0.1, -0.05) is 17.8 Å². The molecule has 0 fully saturated rings. The van der Waals surface area contributed by atoms with E-state index in [0.717, 1.165) is 28.3 Å². The van der Waals surface area contributed by atoms with Crippen molar-refractivity contribution in [3.8, 4) is 0 Å². The van der Waals surface area contributed by atoms with Crippen LogP contribution < -0.4 is 5.32 Å². The topological polar surface area (TPSA) is 32.3 Å². The van der Waals surface area contributed by atoms with E-state index in [2.05, 4.69) is 5.32 Å². The minimum atomic E-state index is -4.34. The van der Waals surface area contributed by atoms with E-state index in [-0.39, 0.29) is 6.61 Å². The summed E-state index contributed by atoms with van der Waals surface area (Å²) in [4.78, 5) is 1.39. The van der Waals surface area contributed by atoms with Gasteiger partial charge in [0, 0.05) is 9.79 Å². The van der Waals surface area contributed by atoms with Gasteiger partial charge >= 0.3 is 6.18 Å². The van der Waals surface area contributed by atoms with Crippen LogP contribution in [-0.2, 0) is 12.8 Å². The Morgan fingerprint density at radius 1 is 1.00 bits per heavy atom. The van der Waals surface area contributed by atoms with E-state index < -0.39 is 11.7 Å². The molecule has 1 aliphatic heterocycles. The van der Waals surface area contributed by atoms with Crippen molar-refractivity contribution in [2.24, 2.45) is 0 Å². The highest BCUT2D eigenvalue weighted by molar-refractivity contribution is 7.99. The van der Waals surface area contributed by atoms with Gasteiger partial charge in [-0.05, 0) is 35.9 Å². The molecule has 2 aromatic rings. The third-order valence-corrected chi connectivity index (χ3v) is 4.16. The molecule has 104 valence electrons. The minimum absolute atomic E-state index is 0.0699. The third kappa shape index (κ3) is 2.36. The maximum atomic E-state index is 12.7. The zero-order valence-electron chi connectivity index (χ0n) is 10.2. The van der Waals surface area contributed by atoms with Gasteiger partial charge in [0.05, 0.1) is 23.5 Å². The molecule has 0 atom stereocenters. The Kier molecular flexibility index (Phi) is 3.14. The number of fused-ring (bicyclic) bond motifs is 2. The van der Waals surface area contributed by atoms with Crippen molar-refractivity contribution in [1.29, 1.82) is 0 Å². The number of alkyl halides is 3. The molecule has 0 spiro atoms. The van der Waals surface area contributed by atoms with E-state index in [1.165, 1.54) is 17.8 Å². The molecule has 0 saturated heterocycles. The summed E-state index contributed by atoms with van der Waals surface area (Å²) >= 11 is 1.29. The number of anilines is 2. The fourth-order valence-corrected chi connectivity index (χ4v) is 3.02. The van der Waals surface area contributed by atoms with Gasteiger partial charge < -0.3 is 10.4 Å². The van der Waals surface area contributed by atoms with Crippen molar-refractivity contribution in [3.63, 3.8) is 0 Å².